The number of nitrogens with one attached hydrogen (secondary N) is 2. The molecule has 0 bridgehead atoms. The summed E-state index contributed by atoms with van der Waals surface area (Å²) >= 11 is 0. The summed E-state index contributed by atoms with van der Waals surface area (Å²) in [7, 11) is 1.34. The molecule has 0 saturated carbocycles. The molecule has 1 aromatic heterocycles. The zero-order valence-electron chi connectivity index (χ0n) is 13.9. The van der Waals surface area contributed by atoms with Gasteiger partial charge in [0.15, 0.2) is 11.9 Å². The van der Waals surface area contributed by atoms with Crippen LogP contribution in [0.1, 0.15) is 38.6 Å². The van der Waals surface area contributed by atoms with E-state index in [1.165, 1.54) is 13.4 Å². The first-order valence-corrected chi connectivity index (χ1v) is 7.49. The molecule has 132 valence electrons. The Labute approximate surface area is 140 Å². The highest BCUT2D eigenvalue weighted by Crippen LogP contribution is 2.18. The Morgan fingerprint density at radius 3 is 2.58 bits per heavy atom. The van der Waals surface area contributed by atoms with Gasteiger partial charge in [-0.15, -0.1) is 0 Å². The highest BCUT2D eigenvalue weighted by atomic mass is 16.5. The number of methoxy groups -OCH3 is 1. The van der Waals surface area contributed by atoms with Crippen LogP contribution in [0.4, 0.5) is 0 Å². The molecule has 2 N–H and O–H groups in total. The SMILES string of the molecule is CO[C@H](C(=O)N[C@@H](CCC(=O)C=N)C(=O)OC(C)C)c1ccco1. The second-order valence-electron chi connectivity index (χ2n) is 5.33. The maximum absolute atomic E-state index is 12.4. The van der Waals surface area contributed by atoms with E-state index in [4.69, 9.17) is 19.3 Å². The van der Waals surface area contributed by atoms with E-state index in [9.17, 15) is 14.4 Å². The summed E-state index contributed by atoms with van der Waals surface area (Å²) in [4.78, 5) is 35.7. The molecule has 1 amide bonds. The molecule has 8 heteroatoms. The summed E-state index contributed by atoms with van der Waals surface area (Å²) in [6.07, 6.45) is 0.668. The van der Waals surface area contributed by atoms with Gasteiger partial charge >= 0.3 is 5.97 Å². The molecular weight excluding hydrogens is 316 g/mol. The van der Waals surface area contributed by atoms with Crippen LogP contribution in [0.15, 0.2) is 22.8 Å². The molecule has 24 heavy (non-hydrogen) atoms. The minimum absolute atomic E-state index is 0.0279. The maximum Gasteiger partial charge on any atom is 0.328 e. The number of furan rings is 1. The second-order valence-corrected chi connectivity index (χ2v) is 5.33. The zero-order valence-corrected chi connectivity index (χ0v) is 13.9. The molecule has 1 heterocycles. The van der Waals surface area contributed by atoms with E-state index < -0.39 is 29.8 Å². The first kappa shape index (κ1) is 19.6. The van der Waals surface area contributed by atoms with Gasteiger partial charge in [0.25, 0.3) is 5.91 Å². The third-order valence-electron chi connectivity index (χ3n) is 3.07. The highest BCUT2D eigenvalue weighted by Gasteiger charge is 2.29. The van der Waals surface area contributed by atoms with Crippen molar-refractivity contribution < 1.29 is 28.3 Å². The van der Waals surface area contributed by atoms with Crippen molar-refractivity contribution in [1.82, 2.24) is 5.32 Å². The van der Waals surface area contributed by atoms with Crippen molar-refractivity contribution in [3.63, 3.8) is 0 Å². The Morgan fingerprint density at radius 1 is 1.38 bits per heavy atom. The molecule has 1 rings (SSSR count). The molecule has 0 spiro atoms. The van der Waals surface area contributed by atoms with E-state index in [-0.39, 0.29) is 18.9 Å². The first-order valence-electron chi connectivity index (χ1n) is 7.49. The molecule has 0 unspecified atom stereocenters. The van der Waals surface area contributed by atoms with Gasteiger partial charge in [-0.25, -0.2) is 4.79 Å². The average Bonchev–Trinajstić information content (AvgIpc) is 3.05. The van der Waals surface area contributed by atoms with Crippen molar-refractivity contribution in [2.75, 3.05) is 7.11 Å². The smallest absolute Gasteiger partial charge is 0.328 e. The number of esters is 1. The van der Waals surface area contributed by atoms with Gasteiger partial charge in [0, 0.05) is 13.5 Å². The summed E-state index contributed by atoms with van der Waals surface area (Å²) in [6, 6.07) is 2.17. The predicted molar refractivity (Wildman–Crippen MR) is 84.6 cm³/mol. The number of ketones is 1. The van der Waals surface area contributed by atoms with Crippen LogP contribution >= 0.6 is 0 Å². The minimum atomic E-state index is -1.02. The Morgan fingerprint density at radius 2 is 2.08 bits per heavy atom. The lowest BCUT2D eigenvalue weighted by Crippen LogP contribution is -2.45. The fourth-order valence-corrected chi connectivity index (χ4v) is 1.96. The minimum Gasteiger partial charge on any atom is -0.466 e. The summed E-state index contributed by atoms with van der Waals surface area (Å²) in [5, 5.41) is 9.41. The molecule has 0 fully saturated rings. The van der Waals surface area contributed by atoms with Crippen LogP contribution in [-0.4, -0.2) is 43.1 Å². The number of hydrogen-bond donors (Lipinski definition) is 2. The Hall–Kier alpha value is -2.48. The van der Waals surface area contributed by atoms with Crippen molar-refractivity contribution in [1.29, 1.82) is 5.41 Å². The molecule has 0 radical (unpaired) electrons. The summed E-state index contributed by atoms with van der Waals surface area (Å²) in [5.41, 5.74) is 0. The number of ether oxygens (including phenoxy) is 2. The van der Waals surface area contributed by atoms with Gasteiger partial charge in [-0.2, -0.15) is 0 Å². The summed E-state index contributed by atoms with van der Waals surface area (Å²) in [5.74, 6) is -1.38. The van der Waals surface area contributed by atoms with Crippen LogP contribution in [0.2, 0.25) is 0 Å². The van der Waals surface area contributed by atoms with Crippen molar-refractivity contribution in [2.45, 2.75) is 44.9 Å². The van der Waals surface area contributed by atoms with Gasteiger partial charge < -0.3 is 24.6 Å². The van der Waals surface area contributed by atoms with E-state index in [2.05, 4.69) is 5.32 Å². The lowest BCUT2D eigenvalue weighted by molar-refractivity contribution is -0.153. The Balaban J connectivity index is 2.81. The average molecular weight is 338 g/mol. The van der Waals surface area contributed by atoms with Crippen LogP contribution in [0.5, 0.6) is 0 Å². The van der Waals surface area contributed by atoms with Gasteiger partial charge in [0.05, 0.1) is 18.6 Å². The summed E-state index contributed by atoms with van der Waals surface area (Å²) < 4.78 is 15.3. The van der Waals surface area contributed by atoms with Gasteiger partial charge in [-0.3, -0.25) is 9.59 Å². The van der Waals surface area contributed by atoms with Crippen molar-refractivity contribution in [3.8, 4) is 0 Å². The largest absolute Gasteiger partial charge is 0.466 e. The Bertz CT molecular complexity index is 567. The van der Waals surface area contributed by atoms with E-state index in [0.29, 0.717) is 12.0 Å². The van der Waals surface area contributed by atoms with Crippen molar-refractivity contribution in [2.24, 2.45) is 0 Å². The predicted octanol–water partition coefficient (Wildman–Crippen LogP) is 1.40. The molecule has 0 saturated heterocycles. The van der Waals surface area contributed by atoms with Crippen LogP contribution in [-0.2, 0) is 23.9 Å². The van der Waals surface area contributed by atoms with Gasteiger partial charge in [-0.05, 0) is 32.4 Å². The van der Waals surface area contributed by atoms with Crippen LogP contribution in [0.25, 0.3) is 0 Å². The third kappa shape index (κ3) is 5.96. The topological polar surface area (TPSA) is 119 Å². The fraction of sp³-hybridized carbons (Fsp3) is 0.500. The molecule has 0 aromatic carbocycles. The zero-order chi connectivity index (χ0) is 18.1. The van der Waals surface area contributed by atoms with E-state index in [1.54, 1.807) is 26.0 Å². The van der Waals surface area contributed by atoms with Crippen LogP contribution in [0.3, 0.4) is 0 Å². The highest BCUT2D eigenvalue weighted by molar-refractivity contribution is 6.26. The molecule has 0 aliphatic rings. The molecule has 0 aliphatic carbocycles. The molecule has 2 atom stereocenters. The molecule has 0 aliphatic heterocycles. The number of Topliss-reactive ketones (excluding diaryl/α,β-unsaturated/α-hetero) is 1. The third-order valence-corrected chi connectivity index (χ3v) is 3.07. The van der Waals surface area contributed by atoms with Crippen LogP contribution in [0, 0.1) is 5.41 Å². The number of hydrogen-bond acceptors (Lipinski definition) is 7. The Kier molecular flexibility index (Phi) is 7.84. The number of carbonyl (C=O) groups excluding carboxylic acids is 3. The quantitative estimate of drug-likeness (QED) is 0.492. The molecule has 8 nitrogen and oxygen atoms in total. The fourth-order valence-electron chi connectivity index (χ4n) is 1.96. The standard InChI is InChI=1S/C16H22N2O6/c1-10(2)24-16(21)12(7-6-11(19)9-17)18-15(20)14(22-3)13-5-4-8-23-13/h4-5,8-10,12,14,17H,6-7H2,1-3H3,(H,18,20)/t12-,14-/m0/s1. The molecule has 1 aromatic rings. The van der Waals surface area contributed by atoms with Gasteiger partial charge in [-0.1, -0.05) is 0 Å². The van der Waals surface area contributed by atoms with Crippen molar-refractivity contribution in [3.05, 3.63) is 24.2 Å². The number of carbonyl (C=O) groups is 3. The number of amides is 1. The van der Waals surface area contributed by atoms with Gasteiger partial charge in [0.1, 0.15) is 11.8 Å². The monoisotopic (exact) mass is 338 g/mol. The van der Waals surface area contributed by atoms with E-state index >= 15 is 0 Å². The lowest BCUT2D eigenvalue weighted by Gasteiger charge is -2.21. The summed E-state index contributed by atoms with van der Waals surface area (Å²) in [6.45, 7) is 3.36. The van der Waals surface area contributed by atoms with E-state index in [1.807, 2.05) is 0 Å². The van der Waals surface area contributed by atoms with Crippen LogP contribution < -0.4 is 5.32 Å². The number of rotatable bonds is 10. The van der Waals surface area contributed by atoms with E-state index in [0.717, 1.165) is 0 Å². The molecular formula is C16H22N2O6. The lowest BCUT2D eigenvalue weighted by atomic mass is 10.1. The van der Waals surface area contributed by atoms with Gasteiger partial charge in [0.2, 0.25) is 0 Å². The maximum atomic E-state index is 12.4. The first-order chi connectivity index (χ1) is 11.4. The second kappa shape index (κ2) is 9.61. The normalized spacial score (nSPS) is 13.2. The van der Waals surface area contributed by atoms with Crippen molar-refractivity contribution >= 4 is 23.9 Å².